The highest BCUT2D eigenvalue weighted by molar-refractivity contribution is 8.02. The van der Waals surface area contributed by atoms with Crippen molar-refractivity contribution in [2.75, 3.05) is 27.1 Å². The van der Waals surface area contributed by atoms with Crippen molar-refractivity contribution < 1.29 is 9.53 Å². The van der Waals surface area contributed by atoms with Crippen LogP contribution in [0.4, 0.5) is 0 Å². The van der Waals surface area contributed by atoms with Gasteiger partial charge in [0.15, 0.2) is 0 Å². The topological polar surface area (TPSA) is 67.6 Å². The van der Waals surface area contributed by atoms with Gasteiger partial charge in [0.1, 0.15) is 6.04 Å². The predicted octanol–water partition coefficient (Wildman–Crippen LogP) is -0.489. The number of thioether (sulfide) groups is 1. The number of carbonyl (C=O) groups is 1. The van der Waals surface area contributed by atoms with Crippen molar-refractivity contribution in [3.8, 4) is 0 Å². The Kier molecular flexibility index (Phi) is 3.65. The Balaban J connectivity index is 2.87. The van der Waals surface area contributed by atoms with Crippen LogP contribution in [0.25, 0.3) is 0 Å². The molecule has 1 heterocycles. The fraction of sp³-hybridized carbons (Fsp3) is 0.625. The van der Waals surface area contributed by atoms with Crippen LogP contribution in [0.2, 0.25) is 0 Å². The first kappa shape index (κ1) is 11.2. The third kappa shape index (κ3) is 1.96. The molecule has 0 aromatic rings. The minimum Gasteiger partial charge on any atom is -0.468 e. The molecule has 0 fully saturated rings. The molecule has 1 atom stereocenters. The summed E-state index contributed by atoms with van der Waals surface area (Å²) in [7, 11) is 3.22. The number of nitrogens with zero attached hydrogens (tertiary/aromatic N) is 1. The van der Waals surface area contributed by atoms with Gasteiger partial charge in [-0.2, -0.15) is 0 Å². The Hall–Kier alpha value is -0.880. The number of nitrogens with two attached hydrogens (primary N) is 1. The van der Waals surface area contributed by atoms with E-state index in [4.69, 9.17) is 5.73 Å². The van der Waals surface area contributed by atoms with Gasteiger partial charge in [-0.05, 0) is 6.26 Å². The number of likely N-dealkylation sites (N-methyl/N-ethyl adjacent to an activating group) is 1. The number of carbonyl (C=O) groups excluding carboxylic acids is 1. The minimum atomic E-state index is -0.706. The van der Waals surface area contributed by atoms with E-state index in [1.807, 2.05) is 18.2 Å². The van der Waals surface area contributed by atoms with E-state index in [2.05, 4.69) is 10.1 Å². The average molecular weight is 217 g/mol. The van der Waals surface area contributed by atoms with Crippen LogP contribution in [-0.4, -0.2) is 44.0 Å². The molecule has 0 spiro atoms. The first-order valence-electron chi connectivity index (χ1n) is 4.18. The van der Waals surface area contributed by atoms with Crippen LogP contribution in [0.3, 0.4) is 0 Å². The van der Waals surface area contributed by atoms with Gasteiger partial charge in [0.05, 0.1) is 24.5 Å². The van der Waals surface area contributed by atoms with Gasteiger partial charge >= 0.3 is 5.97 Å². The van der Waals surface area contributed by atoms with Crippen LogP contribution in [0.1, 0.15) is 0 Å². The number of hydrogen-bond donors (Lipinski definition) is 2. The SMILES string of the molecule is COC(=O)[C@H](N)C1=C(SC)NCN1C. The summed E-state index contributed by atoms with van der Waals surface area (Å²) in [6.45, 7) is 0.677. The molecule has 1 aliphatic heterocycles. The number of rotatable bonds is 3. The van der Waals surface area contributed by atoms with Crippen molar-refractivity contribution >= 4 is 17.7 Å². The van der Waals surface area contributed by atoms with E-state index in [-0.39, 0.29) is 0 Å². The van der Waals surface area contributed by atoms with Gasteiger partial charge in [0.2, 0.25) is 0 Å². The number of hydrogen-bond acceptors (Lipinski definition) is 6. The molecule has 0 aliphatic carbocycles. The molecule has 0 saturated carbocycles. The summed E-state index contributed by atoms with van der Waals surface area (Å²) >= 11 is 1.54. The lowest BCUT2D eigenvalue weighted by Crippen LogP contribution is -2.38. The molecule has 0 radical (unpaired) electrons. The van der Waals surface area contributed by atoms with Crippen molar-refractivity contribution in [1.29, 1.82) is 0 Å². The maximum atomic E-state index is 11.3. The molecule has 0 saturated heterocycles. The van der Waals surface area contributed by atoms with E-state index in [0.717, 1.165) is 10.7 Å². The van der Waals surface area contributed by atoms with Gasteiger partial charge < -0.3 is 20.7 Å². The molecular weight excluding hydrogens is 202 g/mol. The molecule has 0 aromatic carbocycles. The largest absolute Gasteiger partial charge is 0.468 e. The highest BCUT2D eigenvalue weighted by Crippen LogP contribution is 2.23. The summed E-state index contributed by atoms with van der Waals surface area (Å²) < 4.78 is 4.60. The van der Waals surface area contributed by atoms with Crippen molar-refractivity contribution in [3.05, 3.63) is 10.7 Å². The second-order valence-electron chi connectivity index (χ2n) is 2.95. The first-order valence-corrected chi connectivity index (χ1v) is 5.40. The summed E-state index contributed by atoms with van der Waals surface area (Å²) in [5.74, 6) is -0.415. The molecule has 0 amide bonds. The van der Waals surface area contributed by atoms with Crippen LogP contribution in [0, 0.1) is 0 Å². The Bertz CT molecular complexity index is 267. The Morgan fingerprint density at radius 2 is 2.43 bits per heavy atom. The number of esters is 1. The molecular formula is C8H15N3O2S. The van der Waals surface area contributed by atoms with Crippen molar-refractivity contribution in [2.45, 2.75) is 6.04 Å². The summed E-state index contributed by atoms with van der Waals surface area (Å²) in [6, 6.07) is -0.706. The Morgan fingerprint density at radius 3 is 2.93 bits per heavy atom. The van der Waals surface area contributed by atoms with E-state index >= 15 is 0 Å². The second-order valence-corrected chi connectivity index (χ2v) is 3.77. The maximum Gasteiger partial charge on any atom is 0.328 e. The predicted molar refractivity (Wildman–Crippen MR) is 56.3 cm³/mol. The van der Waals surface area contributed by atoms with Crippen molar-refractivity contribution in [1.82, 2.24) is 10.2 Å². The van der Waals surface area contributed by atoms with Crippen molar-refractivity contribution in [2.24, 2.45) is 5.73 Å². The minimum absolute atomic E-state index is 0.415. The molecule has 0 unspecified atom stereocenters. The van der Waals surface area contributed by atoms with Crippen LogP contribution in [0.15, 0.2) is 10.7 Å². The lowest BCUT2D eigenvalue weighted by atomic mass is 10.2. The molecule has 0 aromatic heterocycles. The molecule has 6 heteroatoms. The summed E-state index contributed by atoms with van der Waals surface area (Å²) in [6.07, 6.45) is 1.94. The summed E-state index contributed by atoms with van der Waals surface area (Å²) in [4.78, 5) is 13.2. The van der Waals surface area contributed by atoms with Gasteiger partial charge in [-0.1, -0.05) is 0 Å². The van der Waals surface area contributed by atoms with Gasteiger partial charge in [0.25, 0.3) is 0 Å². The monoisotopic (exact) mass is 217 g/mol. The summed E-state index contributed by atoms with van der Waals surface area (Å²) in [5, 5.41) is 4.08. The molecule has 1 aliphatic rings. The number of methoxy groups -OCH3 is 1. The maximum absolute atomic E-state index is 11.3. The normalized spacial score (nSPS) is 18.1. The smallest absolute Gasteiger partial charge is 0.328 e. The molecule has 1 rings (SSSR count). The number of ether oxygens (including phenoxy) is 1. The average Bonchev–Trinajstić information content (AvgIpc) is 2.57. The van der Waals surface area contributed by atoms with Crippen LogP contribution >= 0.6 is 11.8 Å². The lowest BCUT2D eigenvalue weighted by Gasteiger charge is -2.19. The molecule has 80 valence electrons. The van der Waals surface area contributed by atoms with Gasteiger partial charge in [-0.25, -0.2) is 4.79 Å². The third-order valence-corrected chi connectivity index (χ3v) is 2.84. The van der Waals surface area contributed by atoms with E-state index in [1.54, 1.807) is 0 Å². The zero-order chi connectivity index (χ0) is 10.7. The van der Waals surface area contributed by atoms with Gasteiger partial charge in [-0.15, -0.1) is 11.8 Å². The first-order chi connectivity index (χ1) is 6.61. The fourth-order valence-corrected chi connectivity index (χ4v) is 2.03. The highest BCUT2D eigenvalue weighted by Gasteiger charge is 2.29. The van der Waals surface area contributed by atoms with Crippen molar-refractivity contribution in [3.63, 3.8) is 0 Å². The Morgan fingerprint density at radius 1 is 1.79 bits per heavy atom. The quantitative estimate of drug-likeness (QED) is 0.622. The van der Waals surface area contributed by atoms with Crippen LogP contribution < -0.4 is 11.1 Å². The van der Waals surface area contributed by atoms with Crippen LogP contribution in [-0.2, 0) is 9.53 Å². The van der Waals surface area contributed by atoms with E-state index in [1.165, 1.54) is 18.9 Å². The van der Waals surface area contributed by atoms with E-state index < -0.39 is 12.0 Å². The molecule has 5 nitrogen and oxygen atoms in total. The molecule has 0 bridgehead atoms. The molecule has 3 N–H and O–H groups in total. The Labute approximate surface area is 87.6 Å². The van der Waals surface area contributed by atoms with Crippen LogP contribution in [0.5, 0.6) is 0 Å². The fourth-order valence-electron chi connectivity index (χ4n) is 1.33. The van der Waals surface area contributed by atoms with E-state index in [0.29, 0.717) is 6.67 Å². The summed E-state index contributed by atoms with van der Waals surface area (Å²) in [5.41, 5.74) is 6.56. The highest BCUT2D eigenvalue weighted by atomic mass is 32.2. The van der Waals surface area contributed by atoms with E-state index in [9.17, 15) is 4.79 Å². The second kappa shape index (κ2) is 4.56. The third-order valence-electron chi connectivity index (χ3n) is 2.07. The van der Waals surface area contributed by atoms with Gasteiger partial charge in [-0.3, -0.25) is 0 Å². The standard InChI is InChI=1S/C8H15N3O2S/c1-11-4-10-7(14-3)6(11)5(9)8(12)13-2/h5,10H,4,9H2,1-3H3/t5-/m1/s1. The zero-order valence-electron chi connectivity index (χ0n) is 8.53. The number of nitrogens with one attached hydrogen (secondary N) is 1. The lowest BCUT2D eigenvalue weighted by molar-refractivity contribution is -0.141. The zero-order valence-corrected chi connectivity index (χ0v) is 9.35. The molecule has 14 heavy (non-hydrogen) atoms. The van der Waals surface area contributed by atoms with Gasteiger partial charge in [0, 0.05) is 7.05 Å².